The average Bonchev–Trinajstić information content (AvgIpc) is 1.62. The fraction of sp³-hybridized carbons (Fsp3) is 0.500. The topological polar surface area (TPSA) is 0 Å². The molecule has 0 heterocycles. The van der Waals surface area contributed by atoms with E-state index in [-0.39, 0.29) is 69.1 Å². The minimum absolute atomic E-state index is 0. The molecule has 0 saturated heterocycles. The Labute approximate surface area is 118 Å². The third kappa shape index (κ3) is 19.6. The molecule has 0 atom stereocenters. The first kappa shape index (κ1) is 29.2. The Balaban J connectivity index is -0.0000000427. The van der Waals surface area contributed by atoms with Crippen molar-refractivity contribution in [2.24, 2.45) is 0 Å². The van der Waals surface area contributed by atoms with Crippen molar-refractivity contribution >= 4 is 0 Å². The summed E-state index contributed by atoms with van der Waals surface area (Å²) in [5.74, 6) is 0. The minimum atomic E-state index is 0. The van der Waals surface area contributed by atoms with Gasteiger partial charge in [-0.05, 0) is 25.7 Å². The molecule has 1 aliphatic carbocycles. The Bertz CT molecular complexity index is 88.7. The molecule has 0 spiro atoms. The molecule has 0 unspecified atom stereocenters. The maximum Gasteiger partial charge on any atom is 4.00 e. The van der Waals surface area contributed by atoms with Gasteiger partial charge in [-0.3, -0.25) is 0 Å². The van der Waals surface area contributed by atoms with Crippen LogP contribution in [-0.2, 0) is 19.5 Å². The Morgan fingerprint density at radius 1 is 0.462 bits per heavy atom. The zero-order valence-corrected chi connectivity index (χ0v) is 11.8. The van der Waals surface area contributed by atoms with E-state index in [4.69, 9.17) is 0 Å². The van der Waals surface area contributed by atoms with E-state index in [9.17, 15) is 0 Å². The molecule has 0 radical (unpaired) electrons. The summed E-state index contributed by atoms with van der Waals surface area (Å²) in [5, 5.41) is 0. The summed E-state index contributed by atoms with van der Waals surface area (Å²) >= 11 is 0. The Kier molecular flexibility index (Phi) is 52.3. The van der Waals surface area contributed by atoms with Gasteiger partial charge in [0.1, 0.15) is 0 Å². The molecule has 0 amide bonds. The van der Waals surface area contributed by atoms with Gasteiger partial charge in [0.25, 0.3) is 0 Å². The normalized spacial score (nSPS) is 14.8. The van der Waals surface area contributed by atoms with Crippen molar-refractivity contribution in [3.05, 3.63) is 24.3 Å². The van der Waals surface area contributed by atoms with Crippen LogP contribution in [0.2, 0.25) is 0 Å². The largest absolute Gasteiger partial charge is 4.00 e. The van der Waals surface area contributed by atoms with Gasteiger partial charge in [0, 0.05) is 0 Å². The van der Waals surface area contributed by atoms with Crippen LogP contribution in [0.5, 0.6) is 0 Å². The SMILES string of the molecule is C1=CCC/C=C\CC1.[Cl-].[Cl-].[Cl-].[Cl-].[Ru+4]. The molecule has 0 aromatic carbocycles. The molecule has 80 valence electrons. The van der Waals surface area contributed by atoms with Gasteiger partial charge in [-0.15, -0.1) is 0 Å². The molecule has 0 aliphatic heterocycles. The smallest absolute Gasteiger partial charge is 1.00 e. The minimum Gasteiger partial charge on any atom is -1.00 e. The van der Waals surface area contributed by atoms with E-state index in [1.165, 1.54) is 25.7 Å². The van der Waals surface area contributed by atoms with Crippen molar-refractivity contribution in [1.82, 2.24) is 0 Å². The number of hydrogen-bond acceptors (Lipinski definition) is 0. The van der Waals surface area contributed by atoms with Crippen molar-refractivity contribution in [2.75, 3.05) is 0 Å². The second kappa shape index (κ2) is 23.2. The number of allylic oxidation sites excluding steroid dienone is 4. The van der Waals surface area contributed by atoms with E-state index in [0.717, 1.165) is 0 Å². The van der Waals surface area contributed by atoms with Crippen molar-refractivity contribution in [3.63, 3.8) is 0 Å². The van der Waals surface area contributed by atoms with E-state index in [2.05, 4.69) is 24.3 Å². The van der Waals surface area contributed by atoms with Crippen LogP contribution < -0.4 is 49.6 Å². The van der Waals surface area contributed by atoms with Crippen LogP contribution in [0, 0.1) is 0 Å². The monoisotopic (exact) mass is 350 g/mol. The predicted octanol–water partition coefficient (Wildman–Crippen LogP) is -9.31. The summed E-state index contributed by atoms with van der Waals surface area (Å²) in [4.78, 5) is 0. The first-order valence-electron chi connectivity index (χ1n) is 3.30. The zero-order valence-electron chi connectivity index (χ0n) is 7.00. The van der Waals surface area contributed by atoms with Gasteiger partial charge in [0.15, 0.2) is 0 Å². The van der Waals surface area contributed by atoms with Crippen LogP contribution in [0.4, 0.5) is 0 Å². The molecule has 0 fully saturated rings. The van der Waals surface area contributed by atoms with Gasteiger partial charge in [-0.1, -0.05) is 24.3 Å². The van der Waals surface area contributed by atoms with Gasteiger partial charge in [0.2, 0.25) is 0 Å². The van der Waals surface area contributed by atoms with Crippen LogP contribution in [0.3, 0.4) is 0 Å². The second-order valence-corrected chi connectivity index (χ2v) is 2.10. The first-order valence-corrected chi connectivity index (χ1v) is 3.30. The van der Waals surface area contributed by atoms with Gasteiger partial charge in [0.05, 0.1) is 0 Å². The van der Waals surface area contributed by atoms with Crippen LogP contribution in [-0.4, -0.2) is 0 Å². The van der Waals surface area contributed by atoms with E-state index >= 15 is 0 Å². The standard InChI is InChI=1S/C8H12.4ClH.Ru/c1-2-4-6-8-7-5-3-1;;;;;/h1-2,7-8H,3-6H2;4*1H;/q;;;;;+4/p-4/b2-1-,8-7?;;;;;. The van der Waals surface area contributed by atoms with Crippen molar-refractivity contribution in [2.45, 2.75) is 25.7 Å². The van der Waals surface area contributed by atoms with E-state index in [1.54, 1.807) is 0 Å². The summed E-state index contributed by atoms with van der Waals surface area (Å²) in [7, 11) is 0. The molecular formula is C8H12Cl4Ru. The maximum absolute atomic E-state index is 2.27. The molecule has 13 heavy (non-hydrogen) atoms. The van der Waals surface area contributed by atoms with Gasteiger partial charge in [-0.2, -0.15) is 0 Å². The van der Waals surface area contributed by atoms with Crippen LogP contribution in [0.25, 0.3) is 0 Å². The van der Waals surface area contributed by atoms with Gasteiger partial charge in [-0.25, -0.2) is 0 Å². The van der Waals surface area contributed by atoms with Crippen LogP contribution >= 0.6 is 0 Å². The fourth-order valence-corrected chi connectivity index (χ4v) is 0.856. The summed E-state index contributed by atoms with van der Waals surface area (Å²) in [5.41, 5.74) is 0. The fourth-order valence-electron chi connectivity index (χ4n) is 0.856. The average molecular weight is 351 g/mol. The molecular weight excluding hydrogens is 339 g/mol. The third-order valence-corrected chi connectivity index (χ3v) is 1.33. The summed E-state index contributed by atoms with van der Waals surface area (Å²) < 4.78 is 0. The molecule has 1 rings (SSSR count). The number of rotatable bonds is 0. The van der Waals surface area contributed by atoms with E-state index in [1.807, 2.05) is 0 Å². The van der Waals surface area contributed by atoms with E-state index in [0.29, 0.717) is 0 Å². The van der Waals surface area contributed by atoms with Crippen molar-refractivity contribution in [3.8, 4) is 0 Å². The molecule has 0 N–H and O–H groups in total. The molecule has 5 heteroatoms. The first-order chi connectivity index (χ1) is 4.00. The summed E-state index contributed by atoms with van der Waals surface area (Å²) in [6.07, 6.45) is 14.0. The van der Waals surface area contributed by atoms with Crippen LogP contribution in [0.1, 0.15) is 25.7 Å². The zero-order chi connectivity index (χ0) is 5.66. The summed E-state index contributed by atoms with van der Waals surface area (Å²) in [6, 6.07) is 0. The van der Waals surface area contributed by atoms with Crippen molar-refractivity contribution in [1.29, 1.82) is 0 Å². The molecule has 0 nitrogen and oxygen atoms in total. The Hall–Kier alpha value is 1.26. The van der Waals surface area contributed by atoms with Crippen LogP contribution in [0.15, 0.2) is 24.3 Å². The quantitative estimate of drug-likeness (QED) is 0.301. The molecule has 0 saturated carbocycles. The van der Waals surface area contributed by atoms with Crippen molar-refractivity contribution < 1.29 is 69.1 Å². The third-order valence-electron chi connectivity index (χ3n) is 1.33. The predicted molar refractivity (Wildman–Crippen MR) is 36.7 cm³/mol. The Morgan fingerprint density at radius 2 is 0.615 bits per heavy atom. The van der Waals surface area contributed by atoms with E-state index < -0.39 is 0 Å². The number of hydrogen-bond donors (Lipinski definition) is 0. The second-order valence-electron chi connectivity index (χ2n) is 2.10. The number of halogens is 4. The molecule has 0 aromatic rings. The maximum atomic E-state index is 2.27. The van der Waals surface area contributed by atoms with Gasteiger partial charge < -0.3 is 49.6 Å². The Morgan fingerprint density at radius 3 is 0.769 bits per heavy atom. The molecule has 0 bridgehead atoms. The molecule has 1 aliphatic rings. The molecule has 0 aromatic heterocycles. The summed E-state index contributed by atoms with van der Waals surface area (Å²) in [6.45, 7) is 0. The van der Waals surface area contributed by atoms with Gasteiger partial charge >= 0.3 is 19.5 Å².